The minimum absolute atomic E-state index is 0.239. The highest BCUT2D eigenvalue weighted by Gasteiger charge is 2.19. The van der Waals surface area contributed by atoms with Crippen molar-refractivity contribution >= 4 is 23.0 Å². The number of amides is 1. The van der Waals surface area contributed by atoms with Crippen LogP contribution in [0.25, 0.3) is 11.1 Å². The Labute approximate surface area is 201 Å². The van der Waals surface area contributed by atoms with Gasteiger partial charge in [-0.05, 0) is 43.5 Å². The molecule has 1 aromatic carbocycles. The van der Waals surface area contributed by atoms with Gasteiger partial charge in [0, 0.05) is 25.4 Å². The zero-order chi connectivity index (χ0) is 24.2. The minimum atomic E-state index is -0.289. The van der Waals surface area contributed by atoms with E-state index in [1.807, 2.05) is 19.1 Å². The van der Waals surface area contributed by atoms with Gasteiger partial charge in [0.15, 0.2) is 17.1 Å². The molecule has 0 saturated carbocycles. The molecule has 3 aromatic rings. The van der Waals surface area contributed by atoms with Crippen molar-refractivity contribution < 1.29 is 23.4 Å². The Morgan fingerprint density at radius 1 is 1.14 bits per heavy atom. The van der Waals surface area contributed by atoms with E-state index in [1.165, 1.54) is 6.20 Å². The molecule has 1 unspecified atom stereocenters. The number of nitrogens with one attached hydrogen (secondary N) is 2. The number of pyridine rings is 1. The maximum Gasteiger partial charge on any atom is 0.296 e. The molecule has 178 valence electrons. The molecule has 9 nitrogen and oxygen atoms in total. The van der Waals surface area contributed by atoms with Crippen LogP contribution < -0.4 is 15.4 Å². The summed E-state index contributed by atoms with van der Waals surface area (Å²) in [7, 11) is 1.55. The van der Waals surface area contributed by atoms with Crippen LogP contribution in [0.1, 0.15) is 30.3 Å². The van der Waals surface area contributed by atoms with Gasteiger partial charge < -0.3 is 29.3 Å². The highest BCUT2D eigenvalue weighted by Crippen LogP contribution is 2.29. The first kappa shape index (κ1) is 22.3. The molecule has 1 aliphatic heterocycles. The van der Waals surface area contributed by atoms with Crippen LogP contribution in [0, 0.1) is 0 Å². The summed E-state index contributed by atoms with van der Waals surface area (Å²) in [6.45, 7) is 1.92. The van der Waals surface area contributed by atoms with Crippen molar-refractivity contribution in [1.82, 2.24) is 15.3 Å². The monoisotopic (exact) mass is 472 g/mol. The Bertz CT molecular complexity index is 1390. The van der Waals surface area contributed by atoms with E-state index < -0.39 is 0 Å². The number of hydrogen-bond acceptors (Lipinski definition) is 8. The zero-order valence-corrected chi connectivity index (χ0v) is 19.3. The van der Waals surface area contributed by atoms with Crippen molar-refractivity contribution in [2.45, 2.75) is 25.8 Å². The number of ether oxygens (including phenoxy) is 3. The lowest BCUT2D eigenvalue weighted by atomic mass is 10.0. The minimum Gasteiger partial charge on any atom is -0.460 e. The van der Waals surface area contributed by atoms with E-state index in [1.54, 1.807) is 49.9 Å². The maximum atomic E-state index is 11.8. The summed E-state index contributed by atoms with van der Waals surface area (Å²) in [6.07, 6.45) is 12.8. The zero-order valence-electron chi connectivity index (χ0n) is 19.3. The fourth-order valence-electron chi connectivity index (χ4n) is 3.61. The summed E-state index contributed by atoms with van der Waals surface area (Å²) in [4.78, 5) is 20.3. The van der Waals surface area contributed by atoms with E-state index in [2.05, 4.69) is 26.7 Å². The van der Waals surface area contributed by atoms with E-state index in [9.17, 15) is 4.79 Å². The van der Waals surface area contributed by atoms with Gasteiger partial charge in [0.25, 0.3) is 11.9 Å². The van der Waals surface area contributed by atoms with Gasteiger partial charge in [0.05, 0.1) is 6.04 Å². The topological polar surface area (TPSA) is 108 Å². The number of allylic oxidation sites excluding steroid dienone is 4. The number of benzene rings is 1. The molecule has 0 saturated heterocycles. The Morgan fingerprint density at radius 3 is 2.80 bits per heavy atom. The van der Waals surface area contributed by atoms with Crippen molar-refractivity contribution in [2.24, 2.45) is 0 Å². The second-order valence-electron chi connectivity index (χ2n) is 7.97. The van der Waals surface area contributed by atoms with Gasteiger partial charge in [-0.1, -0.05) is 18.2 Å². The van der Waals surface area contributed by atoms with Crippen LogP contribution in [-0.4, -0.2) is 29.0 Å². The molecular weight excluding hydrogens is 448 g/mol. The van der Waals surface area contributed by atoms with Crippen LogP contribution in [-0.2, 0) is 9.47 Å². The molecule has 1 atom stereocenters. The number of carbonyl (C=O) groups excluding carboxylic acids is 1. The Morgan fingerprint density at radius 2 is 2.03 bits per heavy atom. The average molecular weight is 473 g/mol. The smallest absolute Gasteiger partial charge is 0.296 e. The van der Waals surface area contributed by atoms with E-state index in [4.69, 9.17) is 18.6 Å². The third-order valence-electron chi connectivity index (χ3n) is 5.49. The normalized spacial score (nSPS) is 15.8. The summed E-state index contributed by atoms with van der Waals surface area (Å²) < 4.78 is 23.3. The van der Waals surface area contributed by atoms with Crippen molar-refractivity contribution in [3.8, 4) is 11.5 Å². The van der Waals surface area contributed by atoms with E-state index in [0.29, 0.717) is 34.4 Å². The highest BCUT2D eigenvalue weighted by molar-refractivity contribution is 5.92. The van der Waals surface area contributed by atoms with Gasteiger partial charge in [0.2, 0.25) is 0 Å². The quantitative estimate of drug-likeness (QED) is 0.484. The molecule has 1 amide bonds. The lowest BCUT2D eigenvalue weighted by Gasteiger charge is -2.21. The molecule has 0 radical (unpaired) electrons. The maximum absolute atomic E-state index is 11.8. The van der Waals surface area contributed by atoms with Crippen LogP contribution in [0.2, 0.25) is 0 Å². The third-order valence-corrected chi connectivity index (χ3v) is 5.49. The summed E-state index contributed by atoms with van der Waals surface area (Å²) in [5.74, 6) is 2.06. The van der Waals surface area contributed by atoms with Gasteiger partial charge in [-0.3, -0.25) is 9.78 Å². The van der Waals surface area contributed by atoms with E-state index in [0.717, 1.165) is 24.2 Å². The first-order valence-electron chi connectivity index (χ1n) is 11.2. The second-order valence-corrected chi connectivity index (χ2v) is 7.97. The Balaban J connectivity index is 1.24. The number of carbonyl (C=O) groups is 1. The largest absolute Gasteiger partial charge is 0.460 e. The molecule has 3 heterocycles. The highest BCUT2D eigenvalue weighted by atomic mass is 16.5. The van der Waals surface area contributed by atoms with Crippen molar-refractivity contribution in [3.63, 3.8) is 0 Å². The molecule has 35 heavy (non-hydrogen) atoms. The summed E-state index contributed by atoms with van der Waals surface area (Å²) in [5, 5.41) is 5.73. The van der Waals surface area contributed by atoms with Crippen LogP contribution in [0.3, 0.4) is 0 Å². The molecule has 5 rings (SSSR count). The molecular formula is C26H24N4O5. The van der Waals surface area contributed by atoms with Crippen LogP contribution >= 0.6 is 0 Å². The molecule has 0 spiro atoms. The van der Waals surface area contributed by atoms with Crippen molar-refractivity contribution in [3.05, 3.63) is 90.1 Å². The van der Waals surface area contributed by atoms with Crippen LogP contribution in [0.15, 0.2) is 88.8 Å². The predicted octanol–water partition coefficient (Wildman–Crippen LogP) is 5.18. The van der Waals surface area contributed by atoms with Gasteiger partial charge in [-0.15, -0.1) is 0 Å². The summed E-state index contributed by atoms with van der Waals surface area (Å²) in [6, 6.07) is 8.66. The SMILES string of the molecule is CNC(=O)c1cc(Oc2ccc3nc(NC(C)C4=COC(C5=CC=CCC5)=CO4)oc3c2)ccn1. The fourth-order valence-corrected chi connectivity index (χ4v) is 3.61. The molecule has 9 heteroatoms. The molecule has 2 N–H and O–H groups in total. The first-order chi connectivity index (χ1) is 17.1. The molecule has 2 aliphatic rings. The number of anilines is 1. The van der Waals surface area contributed by atoms with Crippen molar-refractivity contribution in [1.29, 1.82) is 0 Å². The predicted molar refractivity (Wildman–Crippen MR) is 130 cm³/mol. The molecule has 0 fully saturated rings. The Kier molecular flexibility index (Phi) is 6.21. The van der Waals surface area contributed by atoms with Gasteiger partial charge >= 0.3 is 0 Å². The number of fused-ring (bicyclic) bond motifs is 1. The second kappa shape index (κ2) is 9.76. The molecule has 1 aliphatic carbocycles. The van der Waals surface area contributed by atoms with Gasteiger partial charge in [0.1, 0.15) is 35.2 Å². The van der Waals surface area contributed by atoms with E-state index in [-0.39, 0.29) is 17.6 Å². The average Bonchev–Trinajstić information content (AvgIpc) is 3.30. The fraction of sp³-hybridized carbons (Fsp3) is 0.192. The first-order valence-corrected chi connectivity index (χ1v) is 11.2. The number of nitrogens with zero attached hydrogens (tertiary/aromatic N) is 2. The number of aromatic nitrogens is 2. The molecule has 2 aromatic heterocycles. The number of rotatable bonds is 7. The summed E-state index contributed by atoms with van der Waals surface area (Å²) >= 11 is 0. The van der Waals surface area contributed by atoms with E-state index >= 15 is 0 Å². The lowest BCUT2D eigenvalue weighted by molar-refractivity contribution is 0.0958. The summed E-state index contributed by atoms with van der Waals surface area (Å²) in [5.41, 5.74) is 2.59. The standard InChI is InChI=1S/C26H24N4O5/c1-16(23-14-33-24(15-32-23)17-6-4-3-5-7-17)29-26-30-20-9-8-18(13-22(20)35-26)34-19-10-11-28-21(12-19)25(31)27-2/h3-4,6,8-16H,5,7H2,1-2H3,(H,27,31)(H,29,30). The third kappa shape index (κ3) is 5.03. The number of oxazole rings is 1. The lowest BCUT2D eigenvalue weighted by Crippen LogP contribution is -2.21. The molecule has 0 bridgehead atoms. The van der Waals surface area contributed by atoms with Crippen LogP contribution in [0.4, 0.5) is 6.01 Å². The van der Waals surface area contributed by atoms with Gasteiger partial charge in [-0.2, -0.15) is 4.98 Å². The van der Waals surface area contributed by atoms with Crippen molar-refractivity contribution in [2.75, 3.05) is 12.4 Å². The van der Waals surface area contributed by atoms with Crippen LogP contribution in [0.5, 0.6) is 11.5 Å². The number of hydrogen-bond donors (Lipinski definition) is 2. The van der Waals surface area contributed by atoms with Gasteiger partial charge in [-0.25, -0.2) is 0 Å². The Hall–Kier alpha value is -4.53.